The van der Waals surface area contributed by atoms with Crippen LogP contribution in [0.1, 0.15) is 46.5 Å². The molecular formula is C21H35N5O3SSi. The molecule has 1 aromatic carbocycles. The predicted molar refractivity (Wildman–Crippen MR) is 129 cm³/mol. The minimum Gasteiger partial charge on any atom is -0.416 e. The lowest BCUT2D eigenvalue weighted by atomic mass is 9.93. The van der Waals surface area contributed by atoms with Crippen molar-refractivity contribution in [2.45, 2.75) is 64.6 Å². The predicted octanol–water partition coefficient (Wildman–Crippen LogP) is 5.77. The zero-order valence-electron chi connectivity index (χ0n) is 19.3. The van der Waals surface area contributed by atoms with Gasteiger partial charge in [-0.05, 0) is 73.0 Å². The van der Waals surface area contributed by atoms with Crippen molar-refractivity contribution in [3.63, 3.8) is 0 Å². The first-order valence-corrected chi connectivity index (χ1v) is 15.5. The highest BCUT2D eigenvalue weighted by molar-refractivity contribution is 7.92. The highest BCUT2D eigenvalue weighted by atomic mass is 32.2. The third kappa shape index (κ3) is 5.94. The molecule has 8 nitrogen and oxygen atoms in total. The van der Waals surface area contributed by atoms with Gasteiger partial charge in [0.15, 0.2) is 8.32 Å². The van der Waals surface area contributed by atoms with Gasteiger partial charge in [-0.25, -0.2) is 8.42 Å². The maximum Gasteiger partial charge on any atom is 0.234 e. The lowest BCUT2D eigenvalue weighted by molar-refractivity contribution is 0.309. The molecule has 0 radical (unpaired) electrons. The summed E-state index contributed by atoms with van der Waals surface area (Å²) in [4.78, 5) is 5.14. The number of anilines is 2. The van der Waals surface area contributed by atoms with E-state index >= 15 is 0 Å². The SMILES string of the molecule is CC(C)(C)[Si](C)(C)OCCS(=O)(=O)Nc1ccc(N=[N+]=[N-])c(N2CCC3(CC2)CC3)c1. The smallest absolute Gasteiger partial charge is 0.234 e. The van der Waals surface area contributed by atoms with Crippen LogP contribution in [0.25, 0.3) is 10.4 Å². The standard InChI is InChI=1S/C21H35N5O3SSi/c1-20(2,3)31(4,5)29-14-15-30(27,28)24-17-6-7-18(23-25-22)19(16-17)26-12-10-21(8-9-21)11-13-26/h6-7,16,24H,8-15H2,1-5H3. The summed E-state index contributed by atoms with van der Waals surface area (Å²) in [5.74, 6) is -0.0980. The van der Waals surface area contributed by atoms with Crippen LogP contribution < -0.4 is 9.62 Å². The number of rotatable bonds is 8. The molecule has 0 bridgehead atoms. The zero-order valence-corrected chi connectivity index (χ0v) is 21.1. The summed E-state index contributed by atoms with van der Waals surface area (Å²) in [7, 11) is -5.56. The molecule has 172 valence electrons. The number of hydrogen-bond donors (Lipinski definition) is 1. The zero-order chi connectivity index (χ0) is 22.9. The van der Waals surface area contributed by atoms with E-state index in [1.807, 2.05) is 0 Å². The van der Waals surface area contributed by atoms with Gasteiger partial charge in [-0.15, -0.1) is 0 Å². The molecule has 3 rings (SSSR count). The Morgan fingerprint density at radius 1 is 1.23 bits per heavy atom. The summed E-state index contributed by atoms with van der Waals surface area (Å²) in [5.41, 5.74) is 11.2. The minimum absolute atomic E-state index is 0.0314. The van der Waals surface area contributed by atoms with Crippen molar-refractivity contribution < 1.29 is 12.8 Å². The molecule has 0 aromatic heterocycles. The summed E-state index contributed by atoms with van der Waals surface area (Å²) < 4.78 is 34.0. The topological polar surface area (TPSA) is 107 Å². The van der Waals surface area contributed by atoms with Gasteiger partial charge in [-0.1, -0.05) is 25.9 Å². The molecule has 31 heavy (non-hydrogen) atoms. The number of nitrogens with zero attached hydrogens (tertiary/aromatic N) is 4. The number of sulfonamides is 1. The van der Waals surface area contributed by atoms with Crippen LogP contribution in [0.15, 0.2) is 23.3 Å². The van der Waals surface area contributed by atoms with Crippen LogP contribution in [0.5, 0.6) is 0 Å². The molecule has 1 spiro atoms. The van der Waals surface area contributed by atoms with E-state index in [1.54, 1.807) is 18.2 Å². The summed E-state index contributed by atoms with van der Waals surface area (Å²) in [6, 6.07) is 5.10. The third-order valence-corrected chi connectivity index (χ3v) is 12.9. The average molecular weight is 466 g/mol. The molecular weight excluding hydrogens is 430 g/mol. The van der Waals surface area contributed by atoms with Crippen molar-refractivity contribution in [1.82, 2.24) is 0 Å². The molecule has 0 unspecified atom stereocenters. The fourth-order valence-electron chi connectivity index (χ4n) is 3.73. The Morgan fingerprint density at radius 3 is 2.42 bits per heavy atom. The first kappa shape index (κ1) is 23.9. The summed E-state index contributed by atoms with van der Waals surface area (Å²) >= 11 is 0. The van der Waals surface area contributed by atoms with Gasteiger partial charge in [0.1, 0.15) is 0 Å². The van der Waals surface area contributed by atoms with Gasteiger partial charge in [0.25, 0.3) is 0 Å². The van der Waals surface area contributed by atoms with E-state index < -0.39 is 18.3 Å². The Hall–Kier alpha value is -1.74. The van der Waals surface area contributed by atoms with Crippen LogP contribution in [-0.2, 0) is 14.4 Å². The summed E-state index contributed by atoms with van der Waals surface area (Å²) in [6.45, 7) is 12.6. The maximum atomic E-state index is 12.7. The fourth-order valence-corrected chi connectivity index (χ4v) is 5.81. The number of benzene rings is 1. The van der Waals surface area contributed by atoms with Crippen LogP contribution >= 0.6 is 0 Å². The second-order valence-corrected chi connectivity index (χ2v) is 17.1. The van der Waals surface area contributed by atoms with Gasteiger partial charge in [0.05, 0.1) is 17.1 Å². The van der Waals surface area contributed by atoms with Crippen molar-refractivity contribution in [2.24, 2.45) is 10.5 Å². The van der Waals surface area contributed by atoms with Crippen LogP contribution in [0.4, 0.5) is 17.1 Å². The number of hydrogen-bond acceptors (Lipinski definition) is 5. The van der Waals surface area contributed by atoms with Crippen molar-refractivity contribution >= 4 is 35.4 Å². The molecule has 1 aliphatic heterocycles. The summed E-state index contributed by atoms with van der Waals surface area (Å²) in [5, 5.41) is 3.85. The normalized spacial score (nSPS) is 18.5. The van der Waals surface area contributed by atoms with E-state index in [1.165, 1.54) is 12.8 Å². The lowest BCUT2D eigenvalue weighted by Crippen LogP contribution is -2.42. The molecule has 1 saturated heterocycles. The van der Waals surface area contributed by atoms with E-state index in [0.717, 1.165) is 31.6 Å². The van der Waals surface area contributed by atoms with Crippen molar-refractivity contribution in [2.75, 3.05) is 35.1 Å². The van der Waals surface area contributed by atoms with Crippen LogP contribution in [0, 0.1) is 5.41 Å². The van der Waals surface area contributed by atoms with Crippen molar-refractivity contribution in [1.29, 1.82) is 0 Å². The van der Waals surface area contributed by atoms with Gasteiger partial charge in [-0.3, -0.25) is 4.72 Å². The van der Waals surface area contributed by atoms with Gasteiger partial charge < -0.3 is 9.33 Å². The van der Waals surface area contributed by atoms with Crippen molar-refractivity contribution in [3.8, 4) is 0 Å². The Kier molecular flexibility index (Phi) is 6.67. The fraction of sp³-hybridized carbons (Fsp3) is 0.714. The Morgan fingerprint density at radius 2 is 1.87 bits per heavy atom. The average Bonchev–Trinajstić information content (AvgIpc) is 3.41. The van der Waals surface area contributed by atoms with E-state index in [4.69, 9.17) is 9.96 Å². The van der Waals surface area contributed by atoms with E-state index in [-0.39, 0.29) is 17.4 Å². The van der Waals surface area contributed by atoms with Crippen molar-refractivity contribution in [3.05, 3.63) is 28.6 Å². The molecule has 0 atom stereocenters. The molecule has 0 amide bonds. The molecule has 2 aliphatic rings. The number of azide groups is 1. The molecule has 1 aliphatic carbocycles. The second kappa shape index (κ2) is 8.65. The minimum atomic E-state index is -3.56. The Balaban J connectivity index is 1.68. The largest absolute Gasteiger partial charge is 0.416 e. The molecule has 1 saturated carbocycles. The van der Waals surface area contributed by atoms with Gasteiger partial charge in [-0.2, -0.15) is 0 Å². The van der Waals surface area contributed by atoms with Gasteiger partial charge in [0.2, 0.25) is 10.0 Å². The molecule has 1 heterocycles. The maximum absolute atomic E-state index is 12.7. The summed E-state index contributed by atoms with van der Waals surface area (Å²) in [6.07, 6.45) is 4.87. The lowest BCUT2D eigenvalue weighted by Gasteiger charge is -2.36. The molecule has 1 N–H and O–H groups in total. The second-order valence-electron chi connectivity index (χ2n) is 10.4. The number of piperidine rings is 1. The third-order valence-electron chi connectivity index (χ3n) is 7.14. The molecule has 1 aromatic rings. The van der Waals surface area contributed by atoms with E-state index in [0.29, 0.717) is 16.8 Å². The Bertz CT molecular complexity index is 954. The van der Waals surface area contributed by atoms with E-state index in [9.17, 15) is 8.42 Å². The van der Waals surface area contributed by atoms with E-state index in [2.05, 4.69) is 53.5 Å². The quantitative estimate of drug-likeness (QED) is 0.227. The van der Waals surface area contributed by atoms with Crippen LogP contribution in [0.2, 0.25) is 18.1 Å². The highest BCUT2D eigenvalue weighted by Gasteiger charge is 2.44. The number of nitrogens with one attached hydrogen (secondary N) is 1. The van der Waals surface area contributed by atoms with Crippen LogP contribution in [0.3, 0.4) is 0 Å². The molecule has 10 heteroatoms. The monoisotopic (exact) mass is 465 g/mol. The Labute approximate surface area is 187 Å². The first-order valence-electron chi connectivity index (χ1n) is 11.0. The van der Waals surface area contributed by atoms with Crippen LogP contribution in [-0.4, -0.2) is 42.2 Å². The van der Waals surface area contributed by atoms with Gasteiger partial charge in [0, 0.05) is 30.3 Å². The molecule has 2 fully saturated rings. The highest BCUT2D eigenvalue weighted by Crippen LogP contribution is 2.54. The first-order chi connectivity index (χ1) is 14.4. The van der Waals surface area contributed by atoms with Gasteiger partial charge >= 0.3 is 0 Å².